The number of hydrogen-bond acceptors (Lipinski definition) is 5. The van der Waals surface area contributed by atoms with E-state index in [1.165, 1.54) is 128 Å². The lowest BCUT2D eigenvalue weighted by molar-refractivity contribution is -0.151. The van der Waals surface area contributed by atoms with E-state index in [0.717, 1.165) is 70.6 Å². The minimum atomic E-state index is -0.793. The van der Waals surface area contributed by atoms with Crippen molar-refractivity contribution in [3.05, 3.63) is 36.5 Å². The molecule has 1 amide bonds. The Bertz CT molecular complexity index is 930. The van der Waals surface area contributed by atoms with Gasteiger partial charge in [-0.05, 0) is 64.2 Å². The van der Waals surface area contributed by atoms with E-state index in [9.17, 15) is 19.8 Å². The van der Waals surface area contributed by atoms with Gasteiger partial charge in [-0.3, -0.25) is 9.59 Å². The molecular weight excluding hydrogens is 695 g/mol. The average molecular weight is 788 g/mol. The molecule has 3 unspecified atom stereocenters. The van der Waals surface area contributed by atoms with E-state index in [-0.39, 0.29) is 24.9 Å². The summed E-state index contributed by atoms with van der Waals surface area (Å²) in [6.07, 6.45) is 50.6. The molecule has 0 fully saturated rings. The molecule has 6 heteroatoms. The minimum Gasteiger partial charge on any atom is -0.462 e. The van der Waals surface area contributed by atoms with Crippen LogP contribution < -0.4 is 5.32 Å². The van der Waals surface area contributed by atoms with Crippen molar-refractivity contribution >= 4 is 11.9 Å². The number of aliphatic hydroxyl groups is 2. The number of unbranched alkanes of at least 4 members (excludes halogenated alkanes) is 25. The Morgan fingerprint density at radius 1 is 0.518 bits per heavy atom. The summed E-state index contributed by atoms with van der Waals surface area (Å²) in [6, 6.07) is -0.709. The third-order valence-corrected chi connectivity index (χ3v) is 11.0. The topological polar surface area (TPSA) is 95.9 Å². The zero-order valence-corrected chi connectivity index (χ0v) is 37.3. The quantitative estimate of drug-likeness (QED) is 0.0325. The largest absolute Gasteiger partial charge is 0.462 e. The van der Waals surface area contributed by atoms with E-state index >= 15 is 0 Å². The minimum absolute atomic E-state index is 0.0549. The molecule has 0 aromatic rings. The highest BCUT2D eigenvalue weighted by molar-refractivity contribution is 5.77. The summed E-state index contributed by atoms with van der Waals surface area (Å²) in [7, 11) is 0. The maximum Gasteiger partial charge on any atom is 0.306 e. The molecule has 0 saturated carbocycles. The summed E-state index contributed by atoms with van der Waals surface area (Å²) in [5.74, 6) is -0.506. The van der Waals surface area contributed by atoms with Crippen molar-refractivity contribution in [2.45, 2.75) is 264 Å². The van der Waals surface area contributed by atoms with Gasteiger partial charge in [-0.1, -0.05) is 205 Å². The maximum absolute atomic E-state index is 13.1. The Morgan fingerprint density at radius 2 is 0.911 bits per heavy atom. The van der Waals surface area contributed by atoms with Crippen molar-refractivity contribution in [3.8, 4) is 0 Å². The molecule has 6 nitrogen and oxygen atoms in total. The van der Waals surface area contributed by atoms with Gasteiger partial charge in [0.2, 0.25) is 5.91 Å². The van der Waals surface area contributed by atoms with Gasteiger partial charge in [0, 0.05) is 6.42 Å². The predicted molar refractivity (Wildman–Crippen MR) is 241 cm³/mol. The predicted octanol–water partition coefficient (Wildman–Crippen LogP) is 14.1. The van der Waals surface area contributed by atoms with Crippen LogP contribution in [0.1, 0.15) is 245 Å². The first-order valence-electron chi connectivity index (χ1n) is 24.2. The monoisotopic (exact) mass is 788 g/mol. The molecule has 0 aromatic heterocycles. The third-order valence-electron chi connectivity index (χ3n) is 11.0. The fraction of sp³-hybridized carbons (Fsp3) is 0.840. The van der Waals surface area contributed by atoms with E-state index < -0.39 is 18.2 Å². The highest BCUT2D eigenvalue weighted by Crippen LogP contribution is 2.17. The van der Waals surface area contributed by atoms with Gasteiger partial charge >= 0.3 is 5.97 Å². The standard InChI is InChI=1S/C50H93NO5/c1-4-7-10-13-16-19-22-23-24-25-28-29-32-35-38-41-46(56-50(55)43-40-37-34-31-27-21-18-15-12-9-6-3)44-49(54)51-47(45-52)48(53)42-39-36-33-30-26-20-17-14-11-8-5-2/h16,19,23-24,28-29,46-48,52-53H,4-15,17-18,20-22,25-27,30-45H2,1-3H3,(H,51,54)/b19-16-,24-23-,29-28-. The van der Waals surface area contributed by atoms with Crippen LogP contribution in [0.25, 0.3) is 0 Å². The molecule has 56 heavy (non-hydrogen) atoms. The van der Waals surface area contributed by atoms with Gasteiger partial charge in [-0.2, -0.15) is 0 Å². The number of hydrogen-bond donors (Lipinski definition) is 3. The molecule has 0 aliphatic rings. The summed E-state index contributed by atoms with van der Waals surface area (Å²) >= 11 is 0. The second kappa shape index (κ2) is 44.2. The van der Waals surface area contributed by atoms with Crippen LogP contribution in [-0.2, 0) is 14.3 Å². The van der Waals surface area contributed by atoms with Crippen LogP contribution in [-0.4, -0.2) is 46.9 Å². The lowest BCUT2D eigenvalue weighted by Gasteiger charge is -2.24. The van der Waals surface area contributed by atoms with Crippen molar-refractivity contribution < 1.29 is 24.5 Å². The Kier molecular flexibility index (Phi) is 42.7. The Labute approximate surface area is 347 Å². The third kappa shape index (κ3) is 38.9. The van der Waals surface area contributed by atoms with Crippen molar-refractivity contribution in [2.24, 2.45) is 0 Å². The number of nitrogens with one attached hydrogen (secondary N) is 1. The van der Waals surface area contributed by atoms with Crippen LogP contribution in [0.4, 0.5) is 0 Å². The molecule has 0 saturated heterocycles. The summed E-state index contributed by atoms with van der Waals surface area (Å²) < 4.78 is 5.89. The lowest BCUT2D eigenvalue weighted by atomic mass is 10.0. The van der Waals surface area contributed by atoms with Crippen LogP contribution in [0.5, 0.6) is 0 Å². The average Bonchev–Trinajstić information content (AvgIpc) is 3.19. The number of aliphatic hydroxyl groups excluding tert-OH is 2. The Hall–Kier alpha value is -1.92. The first-order valence-corrected chi connectivity index (χ1v) is 24.2. The molecule has 0 rings (SSSR count). The summed E-state index contributed by atoms with van der Waals surface area (Å²) in [6.45, 7) is 6.43. The first-order chi connectivity index (χ1) is 27.5. The van der Waals surface area contributed by atoms with Crippen LogP contribution >= 0.6 is 0 Å². The zero-order chi connectivity index (χ0) is 41.0. The molecule has 0 radical (unpaired) electrons. The summed E-state index contributed by atoms with van der Waals surface area (Å²) in [4.78, 5) is 26.0. The van der Waals surface area contributed by atoms with Gasteiger partial charge in [0.25, 0.3) is 0 Å². The number of rotatable bonds is 43. The fourth-order valence-electron chi connectivity index (χ4n) is 7.26. The second-order valence-electron chi connectivity index (χ2n) is 16.5. The summed E-state index contributed by atoms with van der Waals surface area (Å²) in [5, 5.41) is 23.7. The van der Waals surface area contributed by atoms with Gasteiger partial charge in [0.05, 0.1) is 25.2 Å². The highest BCUT2D eigenvalue weighted by atomic mass is 16.5. The van der Waals surface area contributed by atoms with Crippen molar-refractivity contribution in [1.29, 1.82) is 0 Å². The van der Waals surface area contributed by atoms with E-state index in [2.05, 4.69) is 62.5 Å². The number of allylic oxidation sites excluding steroid dienone is 6. The number of ether oxygens (including phenoxy) is 1. The number of esters is 1. The van der Waals surface area contributed by atoms with E-state index in [1.54, 1.807) is 0 Å². The maximum atomic E-state index is 13.1. The molecule has 3 atom stereocenters. The Morgan fingerprint density at radius 3 is 1.39 bits per heavy atom. The van der Waals surface area contributed by atoms with Crippen molar-refractivity contribution in [1.82, 2.24) is 5.32 Å². The molecule has 0 bridgehead atoms. The van der Waals surface area contributed by atoms with E-state index in [4.69, 9.17) is 4.74 Å². The normalized spacial score (nSPS) is 13.6. The van der Waals surface area contributed by atoms with Crippen LogP contribution in [0.15, 0.2) is 36.5 Å². The number of carbonyl (C=O) groups excluding carboxylic acids is 2. The van der Waals surface area contributed by atoms with Crippen LogP contribution in [0.2, 0.25) is 0 Å². The first kappa shape index (κ1) is 54.1. The molecule has 3 N–H and O–H groups in total. The van der Waals surface area contributed by atoms with Crippen LogP contribution in [0.3, 0.4) is 0 Å². The molecule has 0 spiro atoms. The van der Waals surface area contributed by atoms with Gasteiger partial charge in [-0.15, -0.1) is 0 Å². The van der Waals surface area contributed by atoms with Gasteiger partial charge < -0.3 is 20.3 Å². The fourth-order valence-corrected chi connectivity index (χ4v) is 7.26. The van der Waals surface area contributed by atoms with E-state index in [0.29, 0.717) is 19.3 Å². The SMILES string of the molecule is CCCCC/C=C\C/C=C\C/C=C\CCCCC(CC(=O)NC(CO)C(O)CCCCCCCCCCCCC)OC(=O)CCCCCCCCCCCCC. The second-order valence-corrected chi connectivity index (χ2v) is 16.5. The summed E-state index contributed by atoms with van der Waals surface area (Å²) in [5.41, 5.74) is 0. The molecule has 328 valence electrons. The number of amides is 1. The highest BCUT2D eigenvalue weighted by Gasteiger charge is 2.24. The Balaban J connectivity index is 4.66. The van der Waals surface area contributed by atoms with Crippen molar-refractivity contribution in [3.63, 3.8) is 0 Å². The molecule has 0 aliphatic heterocycles. The van der Waals surface area contributed by atoms with Gasteiger partial charge in [-0.25, -0.2) is 0 Å². The lowest BCUT2D eigenvalue weighted by Crippen LogP contribution is -2.46. The smallest absolute Gasteiger partial charge is 0.306 e. The molecular formula is C50H93NO5. The molecule has 0 aliphatic carbocycles. The van der Waals surface area contributed by atoms with Gasteiger partial charge in [0.15, 0.2) is 0 Å². The number of carbonyl (C=O) groups is 2. The van der Waals surface area contributed by atoms with Crippen molar-refractivity contribution in [2.75, 3.05) is 6.61 Å². The zero-order valence-electron chi connectivity index (χ0n) is 37.3. The van der Waals surface area contributed by atoms with E-state index in [1.807, 2.05) is 0 Å². The molecule has 0 aromatic carbocycles. The van der Waals surface area contributed by atoms with Gasteiger partial charge in [0.1, 0.15) is 6.10 Å². The van der Waals surface area contributed by atoms with Crippen LogP contribution in [0, 0.1) is 0 Å². The molecule has 0 heterocycles.